The number of anilines is 1. The maximum absolute atomic E-state index is 14.5. The first-order chi connectivity index (χ1) is 12.9. The maximum Gasteiger partial charge on any atom is 0.273 e. The predicted molar refractivity (Wildman–Crippen MR) is 101 cm³/mol. The zero-order valence-electron chi connectivity index (χ0n) is 14.6. The summed E-state index contributed by atoms with van der Waals surface area (Å²) < 4.78 is 44.0. The Morgan fingerprint density at radius 3 is 2.85 bits per heavy atom. The zero-order valence-corrected chi connectivity index (χ0v) is 16.3. The highest BCUT2D eigenvalue weighted by molar-refractivity contribution is 7.94. The van der Waals surface area contributed by atoms with Gasteiger partial charge < -0.3 is 4.57 Å². The fraction of sp³-hybridized carbons (Fsp3) is 0.353. The lowest BCUT2D eigenvalue weighted by atomic mass is 10.1. The van der Waals surface area contributed by atoms with Crippen LogP contribution in [0.1, 0.15) is 30.1 Å². The van der Waals surface area contributed by atoms with Gasteiger partial charge in [-0.05, 0) is 38.0 Å². The van der Waals surface area contributed by atoms with Gasteiger partial charge in [0.2, 0.25) is 0 Å². The highest BCUT2D eigenvalue weighted by atomic mass is 32.2. The standard InChI is InChI=1S/C17H18FN5O2S2/c1-11-19-10-16(26-11)27(24,25)22-12-6-7-14(18)13(9-12)17-21-20-15-5-3-2-4-8-23(15)17/h6-7,9-10,22H,2-5,8H2,1H3. The second-order valence-corrected chi connectivity index (χ2v) is 9.54. The molecule has 4 rings (SSSR count). The van der Waals surface area contributed by atoms with Crippen LogP contribution < -0.4 is 4.72 Å². The Labute approximate surface area is 160 Å². The SMILES string of the molecule is Cc1ncc(S(=O)(=O)Nc2ccc(F)c(-c3nnc4n3CCCCC4)c2)s1. The van der Waals surface area contributed by atoms with Gasteiger partial charge in [0.05, 0.1) is 16.8 Å². The smallest absolute Gasteiger partial charge is 0.273 e. The summed E-state index contributed by atoms with van der Waals surface area (Å²) in [6.07, 6.45) is 5.24. The van der Waals surface area contributed by atoms with Crippen molar-refractivity contribution in [2.45, 2.75) is 43.4 Å². The second-order valence-electron chi connectivity index (χ2n) is 6.40. The topological polar surface area (TPSA) is 89.8 Å². The maximum atomic E-state index is 14.5. The zero-order chi connectivity index (χ0) is 19.0. The van der Waals surface area contributed by atoms with Crippen LogP contribution in [0.3, 0.4) is 0 Å². The van der Waals surface area contributed by atoms with Gasteiger partial charge in [-0.2, -0.15) is 0 Å². The molecule has 0 atom stereocenters. The van der Waals surface area contributed by atoms with Gasteiger partial charge in [0.1, 0.15) is 11.6 Å². The monoisotopic (exact) mass is 407 g/mol. The lowest BCUT2D eigenvalue weighted by molar-refractivity contribution is 0.602. The summed E-state index contributed by atoms with van der Waals surface area (Å²) in [5.74, 6) is 0.804. The molecule has 27 heavy (non-hydrogen) atoms. The molecular formula is C17H18FN5O2S2. The molecule has 7 nitrogen and oxygen atoms in total. The lowest BCUT2D eigenvalue weighted by Gasteiger charge is -2.11. The molecule has 0 radical (unpaired) electrons. The van der Waals surface area contributed by atoms with Crippen LogP contribution in [0.4, 0.5) is 10.1 Å². The number of sulfonamides is 1. The van der Waals surface area contributed by atoms with Gasteiger partial charge in [-0.15, -0.1) is 21.5 Å². The van der Waals surface area contributed by atoms with Crippen LogP contribution in [-0.2, 0) is 23.0 Å². The van der Waals surface area contributed by atoms with Crippen molar-refractivity contribution in [2.75, 3.05) is 4.72 Å². The largest absolute Gasteiger partial charge is 0.311 e. The molecule has 3 aromatic rings. The van der Waals surface area contributed by atoms with Crippen molar-refractivity contribution in [2.24, 2.45) is 0 Å². The average Bonchev–Trinajstić information content (AvgIpc) is 3.17. The Morgan fingerprint density at radius 1 is 1.22 bits per heavy atom. The molecule has 10 heteroatoms. The quantitative estimate of drug-likeness (QED) is 0.716. The molecule has 1 aliphatic rings. The summed E-state index contributed by atoms with van der Waals surface area (Å²) in [5, 5.41) is 9.00. The minimum absolute atomic E-state index is 0.113. The first-order valence-corrected chi connectivity index (χ1v) is 10.9. The van der Waals surface area contributed by atoms with Crippen molar-refractivity contribution in [3.63, 3.8) is 0 Å². The molecule has 3 heterocycles. The van der Waals surface area contributed by atoms with Gasteiger partial charge in [0.15, 0.2) is 10.0 Å². The van der Waals surface area contributed by atoms with E-state index in [2.05, 4.69) is 19.9 Å². The Balaban J connectivity index is 1.70. The molecule has 0 saturated carbocycles. The Morgan fingerprint density at radius 2 is 2.07 bits per heavy atom. The number of rotatable bonds is 4. The Kier molecular flexibility index (Phi) is 4.68. The molecule has 0 fully saturated rings. The third-order valence-electron chi connectivity index (χ3n) is 4.43. The third kappa shape index (κ3) is 3.59. The van der Waals surface area contributed by atoms with Crippen LogP contribution >= 0.6 is 11.3 Å². The van der Waals surface area contributed by atoms with Crippen molar-refractivity contribution in [3.05, 3.63) is 41.0 Å². The minimum Gasteiger partial charge on any atom is -0.311 e. The summed E-state index contributed by atoms with van der Waals surface area (Å²) in [4.78, 5) is 3.97. The highest BCUT2D eigenvalue weighted by Crippen LogP contribution is 2.29. The summed E-state index contributed by atoms with van der Waals surface area (Å²) in [7, 11) is -3.77. The van der Waals surface area contributed by atoms with Gasteiger partial charge in [-0.25, -0.2) is 17.8 Å². The van der Waals surface area contributed by atoms with E-state index in [1.54, 1.807) is 6.92 Å². The van der Waals surface area contributed by atoms with E-state index >= 15 is 0 Å². The van der Waals surface area contributed by atoms with Crippen LogP contribution in [0.25, 0.3) is 11.4 Å². The Hall–Kier alpha value is -2.33. The van der Waals surface area contributed by atoms with E-state index in [0.717, 1.165) is 49.4 Å². The van der Waals surface area contributed by atoms with E-state index in [1.165, 1.54) is 24.4 Å². The van der Waals surface area contributed by atoms with Crippen molar-refractivity contribution >= 4 is 27.0 Å². The van der Waals surface area contributed by atoms with E-state index in [1.807, 2.05) is 4.57 Å². The average molecular weight is 407 g/mol. The van der Waals surface area contributed by atoms with E-state index in [9.17, 15) is 12.8 Å². The summed E-state index contributed by atoms with van der Waals surface area (Å²) >= 11 is 1.08. The Bertz CT molecular complexity index is 1090. The van der Waals surface area contributed by atoms with E-state index in [4.69, 9.17) is 0 Å². The first kappa shape index (κ1) is 18.1. The number of aryl methyl sites for hydroxylation is 2. The van der Waals surface area contributed by atoms with Crippen LogP contribution in [-0.4, -0.2) is 28.2 Å². The number of aromatic nitrogens is 4. The van der Waals surface area contributed by atoms with Crippen molar-refractivity contribution in [3.8, 4) is 11.4 Å². The lowest BCUT2D eigenvalue weighted by Crippen LogP contribution is -2.12. The molecule has 1 aliphatic heterocycles. The third-order valence-corrected chi connectivity index (χ3v) is 7.19. The van der Waals surface area contributed by atoms with Crippen LogP contribution in [0.2, 0.25) is 0 Å². The summed E-state index contributed by atoms with van der Waals surface area (Å²) in [6.45, 7) is 2.46. The first-order valence-electron chi connectivity index (χ1n) is 8.61. The normalized spacial score (nSPS) is 14.6. The van der Waals surface area contributed by atoms with Gasteiger partial charge in [-0.1, -0.05) is 6.42 Å². The molecule has 0 bridgehead atoms. The number of halogens is 1. The molecular weight excluding hydrogens is 389 g/mol. The number of nitrogens with one attached hydrogen (secondary N) is 1. The number of hydrogen-bond acceptors (Lipinski definition) is 6. The van der Waals surface area contributed by atoms with Crippen molar-refractivity contribution < 1.29 is 12.8 Å². The minimum atomic E-state index is -3.77. The van der Waals surface area contributed by atoms with Crippen LogP contribution in [0.15, 0.2) is 28.6 Å². The van der Waals surface area contributed by atoms with Crippen molar-refractivity contribution in [1.82, 2.24) is 19.7 Å². The molecule has 0 aliphatic carbocycles. The van der Waals surface area contributed by atoms with E-state index in [0.29, 0.717) is 10.8 Å². The molecule has 1 aromatic carbocycles. The molecule has 0 saturated heterocycles. The second kappa shape index (κ2) is 7.01. The van der Waals surface area contributed by atoms with E-state index in [-0.39, 0.29) is 15.5 Å². The number of benzene rings is 1. The van der Waals surface area contributed by atoms with Gasteiger partial charge in [0.25, 0.3) is 10.0 Å². The number of hydrogen-bond donors (Lipinski definition) is 1. The fourth-order valence-corrected chi connectivity index (χ4v) is 5.27. The predicted octanol–water partition coefficient (Wildman–Crippen LogP) is 3.38. The van der Waals surface area contributed by atoms with Crippen LogP contribution in [0, 0.1) is 12.7 Å². The molecule has 142 valence electrons. The van der Waals surface area contributed by atoms with Crippen LogP contribution in [0.5, 0.6) is 0 Å². The van der Waals surface area contributed by atoms with Gasteiger partial charge >= 0.3 is 0 Å². The number of fused-ring (bicyclic) bond motifs is 1. The van der Waals surface area contributed by atoms with E-state index < -0.39 is 15.8 Å². The highest BCUT2D eigenvalue weighted by Gasteiger charge is 2.21. The summed E-state index contributed by atoms with van der Waals surface area (Å²) in [6, 6.07) is 4.09. The molecule has 0 amide bonds. The molecule has 1 N–H and O–H groups in total. The van der Waals surface area contributed by atoms with Gasteiger partial charge in [0, 0.05) is 18.7 Å². The number of nitrogens with zero attached hydrogens (tertiary/aromatic N) is 4. The number of thiazole rings is 1. The van der Waals surface area contributed by atoms with Gasteiger partial charge in [-0.3, -0.25) is 4.72 Å². The summed E-state index contributed by atoms with van der Waals surface area (Å²) in [5.41, 5.74) is 0.500. The van der Waals surface area contributed by atoms with Crippen molar-refractivity contribution in [1.29, 1.82) is 0 Å². The molecule has 2 aromatic heterocycles. The molecule has 0 unspecified atom stereocenters. The fourth-order valence-electron chi connectivity index (χ4n) is 3.12. The molecule has 0 spiro atoms.